The molecule has 5 amide bonds. The van der Waals surface area contributed by atoms with Crippen molar-refractivity contribution in [3.05, 3.63) is 0 Å². The lowest BCUT2D eigenvalue weighted by Crippen LogP contribution is -2.43. The smallest absolute Gasteiger partial charge is 0.303 e. The second-order valence-electron chi connectivity index (χ2n) is 10.7. The minimum Gasteiger partial charge on any atom is -0.481 e. The molecule has 0 saturated carbocycles. The average Bonchev–Trinajstić information content (AvgIpc) is 3.01. The topological polar surface area (TPSA) is 202 Å². The molecule has 5 N–H and O–H groups in total. The summed E-state index contributed by atoms with van der Waals surface area (Å²) >= 11 is 3.06. The fraction of sp³-hybridized carbons (Fsp3) is 0.800. The number of nitrogens with zero attached hydrogens (tertiary/aromatic N) is 1. The van der Waals surface area contributed by atoms with Gasteiger partial charge in [0.25, 0.3) is 0 Å². The number of carboxylic acid groups (broad SMARTS) is 1. The fourth-order valence-electron chi connectivity index (χ4n) is 3.45. The van der Waals surface area contributed by atoms with E-state index in [1.165, 1.54) is 23.5 Å². The second kappa shape index (κ2) is 29.5. The number of hydrogen-bond acceptors (Lipinski definition) is 11. The van der Waals surface area contributed by atoms with E-state index in [1.54, 1.807) is 4.90 Å². The van der Waals surface area contributed by atoms with Crippen LogP contribution in [0.25, 0.3) is 0 Å². The van der Waals surface area contributed by atoms with Crippen molar-refractivity contribution in [3.8, 4) is 0 Å². The normalized spacial score (nSPS) is 10.9. The van der Waals surface area contributed by atoms with E-state index in [4.69, 9.17) is 19.3 Å². The van der Waals surface area contributed by atoms with Gasteiger partial charge >= 0.3 is 5.97 Å². The Kier molecular flexibility index (Phi) is 27.9. The highest BCUT2D eigenvalue weighted by Gasteiger charge is 2.16. The lowest BCUT2D eigenvalue weighted by atomic mass is 10.2. The highest BCUT2D eigenvalue weighted by atomic mass is 32.2. The van der Waals surface area contributed by atoms with Crippen molar-refractivity contribution in [2.24, 2.45) is 0 Å². The predicted octanol–water partition coefficient (Wildman–Crippen LogP) is 0.258. The largest absolute Gasteiger partial charge is 0.481 e. The average molecular weight is 710 g/mol. The number of carbonyl (C=O) groups excluding carboxylic acids is 5. The number of carboxylic acids is 1. The second-order valence-corrected chi connectivity index (χ2v) is 13.9. The van der Waals surface area contributed by atoms with Crippen molar-refractivity contribution in [1.29, 1.82) is 0 Å². The van der Waals surface area contributed by atoms with Crippen LogP contribution in [-0.2, 0) is 43.0 Å². The molecular weight excluding hydrogens is 654 g/mol. The van der Waals surface area contributed by atoms with Crippen LogP contribution < -0.4 is 21.3 Å². The summed E-state index contributed by atoms with van der Waals surface area (Å²) in [5, 5.41) is 20.1. The molecule has 0 fully saturated rings. The van der Waals surface area contributed by atoms with Crippen molar-refractivity contribution in [3.63, 3.8) is 0 Å². The van der Waals surface area contributed by atoms with Crippen LogP contribution in [0.1, 0.15) is 53.4 Å². The molecule has 0 atom stereocenters. The third-order valence-electron chi connectivity index (χ3n) is 5.87. The molecule has 272 valence electrons. The maximum absolute atomic E-state index is 12.9. The van der Waals surface area contributed by atoms with Gasteiger partial charge in [-0.05, 0) is 10.5 Å². The molecule has 0 aromatic heterocycles. The van der Waals surface area contributed by atoms with Crippen LogP contribution in [0.5, 0.6) is 0 Å². The number of ether oxygens (including phenoxy) is 3. The zero-order valence-corrected chi connectivity index (χ0v) is 29.9. The van der Waals surface area contributed by atoms with E-state index < -0.39 is 5.97 Å². The van der Waals surface area contributed by atoms with Crippen LogP contribution in [0.4, 0.5) is 0 Å². The van der Waals surface area contributed by atoms with Crippen LogP contribution in [0.2, 0.25) is 0 Å². The van der Waals surface area contributed by atoms with Gasteiger partial charge < -0.3 is 45.5 Å². The number of rotatable bonds is 30. The molecule has 15 nitrogen and oxygen atoms in total. The van der Waals surface area contributed by atoms with Crippen LogP contribution in [0.15, 0.2) is 0 Å². The van der Waals surface area contributed by atoms with Gasteiger partial charge in [0, 0.05) is 58.5 Å². The van der Waals surface area contributed by atoms with E-state index in [-0.39, 0.29) is 108 Å². The van der Waals surface area contributed by atoms with Crippen LogP contribution in [0, 0.1) is 0 Å². The molecule has 0 aromatic rings. The first-order chi connectivity index (χ1) is 22.4. The summed E-state index contributed by atoms with van der Waals surface area (Å²) in [4.78, 5) is 72.6. The summed E-state index contributed by atoms with van der Waals surface area (Å²) in [6, 6.07) is 0. The Hall–Kier alpha value is -2.60. The van der Waals surface area contributed by atoms with Gasteiger partial charge in [-0.3, -0.25) is 28.8 Å². The maximum Gasteiger partial charge on any atom is 0.303 e. The molecule has 0 aromatic carbocycles. The first-order valence-electron chi connectivity index (χ1n) is 15.9. The number of nitrogens with one attached hydrogen (secondary N) is 4. The Morgan fingerprint density at radius 3 is 1.34 bits per heavy atom. The number of hydrogen-bond donors (Lipinski definition) is 5. The summed E-state index contributed by atoms with van der Waals surface area (Å²) in [5.74, 6) is -1.42. The molecule has 0 aliphatic heterocycles. The lowest BCUT2D eigenvalue weighted by Gasteiger charge is -2.23. The summed E-state index contributed by atoms with van der Waals surface area (Å²) in [7, 11) is 0. The van der Waals surface area contributed by atoms with Gasteiger partial charge in [0.15, 0.2) is 0 Å². The van der Waals surface area contributed by atoms with E-state index in [9.17, 15) is 28.8 Å². The van der Waals surface area contributed by atoms with Gasteiger partial charge in [0.05, 0.1) is 57.6 Å². The predicted molar refractivity (Wildman–Crippen MR) is 182 cm³/mol. The molecule has 0 unspecified atom stereocenters. The molecule has 0 rings (SSSR count). The third-order valence-corrected chi connectivity index (χ3v) is 8.06. The van der Waals surface area contributed by atoms with Crippen molar-refractivity contribution in [2.45, 2.75) is 63.9 Å². The highest BCUT2D eigenvalue weighted by Crippen LogP contribution is 2.08. The monoisotopic (exact) mass is 709 g/mol. The Labute approximate surface area is 287 Å². The number of amides is 5. The summed E-state index contributed by atoms with van der Waals surface area (Å²) < 4.78 is 16.1. The van der Waals surface area contributed by atoms with E-state index >= 15 is 0 Å². The molecule has 0 radical (unpaired) electrons. The Morgan fingerprint density at radius 1 is 0.553 bits per heavy atom. The zero-order valence-electron chi connectivity index (χ0n) is 28.3. The van der Waals surface area contributed by atoms with E-state index in [0.29, 0.717) is 48.4 Å². The SMILES string of the molecule is CC(C)SCC(=O)NCCN(CCNC(=O)CSC(C)C)C(=O)CCC(=O)NCCOCCOCCOCCNC(=O)CCC(=O)O. The van der Waals surface area contributed by atoms with Gasteiger partial charge in [-0.25, -0.2) is 0 Å². The van der Waals surface area contributed by atoms with Crippen molar-refractivity contribution in [2.75, 3.05) is 90.4 Å². The summed E-state index contributed by atoms with van der Waals surface area (Å²) in [6.45, 7) is 11.6. The summed E-state index contributed by atoms with van der Waals surface area (Å²) in [5.41, 5.74) is 0. The maximum atomic E-state index is 12.9. The number of aliphatic carboxylic acids is 1. The molecule has 17 heteroatoms. The van der Waals surface area contributed by atoms with Gasteiger partial charge in [-0.2, -0.15) is 0 Å². The highest BCUT2D eigenvalue weighted by molar-refractivity contribution is 8.00. The van der Waals surface area contributed by atoms with Crippen molar-refractivity contribution < 1.29 is 48.1 Å². The fourth-order valence-corrected chi connectivity index (χ4v) is 4.63. The molecular formula is C30H55N5O10S2. The molecule has 0 heterocycles. The van der Waals surface area contributed by atoms with Crippen LogP contribution in [-0.4, -0.2) is 146 Å². The molecule has 47 heavy (non-hydrogen) atoms. The van der Waals surface area contributed by atoms with Crippen molar-refractivity contribution >= 4 is 59.0 Å². The quantitative estimate of drug-likeness (QED) is 0.0638. The Bertz CT molecular complexity index is 897. The minimum atomic E-state index is -1.02. The zero-order chi connectivity index (χ0) is 35.3. The first kappa shape index (κ1) is 44.4. The van der Waals surface area contributed by atoms with Crippen LogP contribution in [0.3, 0.4) is 0 Å². The summed E-state index contributed by atoms with van der Waals surface area (Å²) in [6.07, 6.45) is -0.282. The molecule has 0 bridgehead atoms. The van der Waals surface area contributed by atoms with Gasteiger partial charge in [0.1, 0.15) is 0 Å². The number of carbonyl (C=O) groups is 6. The third kappa shape index (κ3) is 30.5. The van der Waals surface area contributed by atoms with Gasteiger partial charge in [-0.15, -0.1) is 23.5 Å². The van der Waals surface area contributed by atoms with Gasteiger partial charge in [0.2, 0.25) is 29.5 Å². The van der Waals surface area contributed by atoms with Gasteiger partial charge in [-0.1, -0.05) is 27.7 Å². The molecule has 0 saturated heterocycles. The molecule has 0 spiro atoms. The first-order valence-corrected chi connectivity index (χ1v) is 18.0. The number of thioether (sulfide) groups is 2. The standard InChI is InChI=1S/C30H55N5O10S2/c1-23(2)46-21-27(38)31-9-13-35(14-10-32-28(39)22-47-24(3)4)29(40)7-5-25(36)33-11-15-43-17-19-45-20-18-44-16-12-34-26(37)6-8-30(41)42/h23-24H,5-22H2,1-4H3,(H,31,38)(H,32,39)(H,33,36)(H,34,37)(H,41,42). The van der Waals surface area contributed by atoms with E-state index in [0.717, 1.165) is 0 Å². The van der Waals surface area contributed by atoms with Crippen molar-refractivity contribution in [1.82, 2.24) is 26.2 Å². The van der Waals surface area contributed by atoms with Crippen LogP contribution >= 0.6 is 23.5 Å². The van der Waals surface area contributed by atoms with E-state index in [1.807, 2.05) is 27.7 Å². The Morgan fingerprint density at radius 2 is 0.936 bits per heavy atom. The Balaban J connectivity index is 4.14. The van der Waals surface area contributed by atoms with E-state index in [2.05, 4.69) is 21.3 Å². The lowest BCUT2D eigenvalue weighted by molar-refractivity contribution is -0.138. The minimum absolute atomic E-state index is 0.000759. The molecule has 0 aliphatic carbocycles. The molecule has 0 aliphatic rings.